The average Bonchev–Trinajstić information content (AvgIpc) is 2.29. The number of halogens is 1. The Balaban J connectivity index is 1.96. The normalized spacial score (nSPS) is 17.8. The van der Waals surface area contributed by atoms with Gasteiger partial charge in [-0.15, -0.1) is 0 Å². The number of likely N-dealkylation sites (N-methyl/N-ethyl adjacent to an activating group) is 1. The van der Waals surface area contributed by atoms with Crippen molar-refractivity contribution >= 4 is 15.9 Å². The lowest BCUT2D eigenvalue weighted by molar-refractivity contribution is 0.106. The summed E-state index contributed by atoms with van der Waals surface area (Å²) in [4.78, 5) is 2.32. The van der Waals surface area contributed by atoms with Crippen molar-refractivity contribution in [3.63, 3.8) is 0 Å². The molecule has 1 atom stereocenters. The van der Waals surface area contributed by atoms with Crippen LogP contribution in [0.5, 0.6) is 0 Å². The van der Waals surface area contributed by atoms with Gasteiger partial charge in [-0.1, -0.05) is 22.0 Å². The van der Waals surface area contributed by atoms with Crippen LogP contribution in [0, 0.1) is 0 Å². The van der Waals surface area contributed by atoms with Crippen molar-refractivity contribution in [1.29, 1.82) is 0 Å². The highest BCUT2D eigenvalue weighted by molar-refractivity contribution is 9.10. The Morgan fingerprint density at radius 1 is 1.47 bits per heavy atom. The monoisotopic (exact) mass is 298 g/mol. The maximum absolute atomic E-state index is 9.78. The summed E-state index contributed by atoms with van der Waals surface area (Å²) < 4.78 is 1.15. The Morgan fingerprint density at radius 3 is 3.06 bits per heavy atom. The summed E-state index contributed by atoms with van der Waals surface area (Å²) in [5.74, 6) is 0. The van der Waals surface area contributed by atoms with Crippen LogP contribution in [0.4, 0.5) is 0 Å². The largest absolute Gasteiger partial charge is 0.390 e. The second kappa shape index (κ2) is 5.96. The Morgan fingerprint density at radius 2 is 2.29 bits per heavy atom. The predicted molar refractivity (Wildman–Crippen MR) is 73.1 cm³/mol. The lowest BCUT2D eigenvalue weighted by Crippen LogP contribution is -2.40. The predicted octanol–water partition coefficient (Wildman–Crippen LogP) is 1.39. The summed E-state index contributed by atoms with van der Waals surface area (Å²) in [5, 5.41) is 12.8. The fourth-order valence-corrected chi connectivity index (χ4v) is 2.74. The Hall–Kier alpha value is -0.420. The molecule has 0 bridgehead atoms. The number of nitrogens with one attached hydrogen (secondary N) is 1. The molecule has 0 amide bonds. The van der Waals surface area contributed by atoms with Gasteiger partial charge in [0.25, 0.3) is 0 Å². The summed E-state index contributed by atoms with van der Waals surface area (Å²) in [6.07, 6.45) is 0.790. The molecule has 3 nitrogen and oxygen atoms in total. The van der Waals surface area contributed by atoms with Gasteiger partial charge in [-0.05, 0) is 36.7 Å². The molecule has 94 valence electrons. The van der Waals surface area contributed by atoms with Crippen molar-refractivity contribution in [1.82, 2.24) is 10.2 Å². The topological polar surface area (TPSA) is 35.5 Å². The minimum absolute atomic E-state index is 0.281. The van der Waals surface area contributed by atoms with Crippen LogP contribution in [0.2, 0.25) is 0 Å². The zero-order chi connectivity index (χ0) is 12.3. The molecule has 0 fully saturated rings. The number of nitrogens with zero attached hydrogens (tertiary/aromatic N) is 1. The minimum atomic E-state index is -0.281. The first-order valence-electron chi connectivity index (χ1n) is 6.01. The van der Waals surface area contributed by atoms with Crippen LogP contribution in [0.25, 0.3) is 0 Å². The first kappa shape index (κ1) is 13.0. The SMILES string of the molecule is CNCC(O)CN1CCc2cc(Br)ccc2C1. The lowest BCUT2D eigenvalue weighted by Gasteiger charge is -2.30. The van der Waals surface area contributed by atoms with Gasteiger partial charge in [-0.25, -0.2) is 0 Å². The number of hydrogen-bond donors (Lipinski definition) is 2. The zero-order valence-electron chi connectivity index (χ0n) is 10.1. The number of fused-ring (bicyclic) bond motifs is 1. The van der Waals surface area contributed by atoms with Crippen molar-refractivity contribution in [2.24, 2.45) is 0 Å². The molecular formula is C13H19BrN2O. The van der Waals surface area contributed by atoms with Gasteiger partial charge in [-0.2, -0.15) is 0 Å². The van der Waals surface area contributed by atoms with Crippen LogP contribution in [-0.4, -0.2) is 42.8 Å². The number of aliphatic hydroxyl groups excluding tert-OH is 1. The Labute approximate surface area is 111 Å². The summed E-state index contributed by atoms with van der Waals surface area (Å²) in [5.41, 5.74) is 2.81. The molecule has 1 aromatic carbocycles. The quantitative estimate of drug-likeness (QED) is 0.882. The van der Waals surface area contributed by atoms with Crippen LogP contribution in [0.15, 0.2) is 22.7 Å². The zero-order valence-corrected chi connectivity index (χ0v) is 11.7. The maximum Gasteiger partial charge on any atom is 0.0791 e. The van der Waals surface area contributed by atoms with Gasteiger partial charge in [0.05, 0.1) is 6.10 Å². The lowest BCUT2D eigenvalue weighted by atomic mass is 10.00. The van der Waals surface area contributed by atoms with E-state index >= 15 is 0 Å². The molecule has 1 unspecified atom stereocenters. The van der Waals surface area contributed by atoms with Crippen molar-refractivity contribution < 1.29 is 5.11 Å². The first-order chi connectivity index (χ1) is 8.19. The number of aliphatic hydroxyl groups is 1. The van der Waals surface area contributed by atoms with Crippen LogP contribution in [0.3, 0.4) is 0 Å². The van der Waals surface area contributed by atoms with Gasteiger partial charge in [0, 0.05) is 30.7 Å². The standard InChI is InChI=1S/C13H19BrN2O/c1-15-7-13(17)9-16-5-4-10-6-12(14)3-2-11(10)8-16/h2-3,6,13,15,17H,4-5,7-9H2,1H3. The number of benzene rings is 1. The van der Waals surface area contributed by atoms with Crippen molar-refractivity contribution in [3.8, 4) is 0 Å². The van der Waals surface area contributed by atoms with Gasteiger partial charge in [0.15, 0.2) is 0 Å². The minimum Gasteiger partial charge on any atom is -0.390 e. The molecule has 1 heterocycles. The number of hydrogen-bond acceptors (Lipinski definition) is 3. The van der Waals surface area contributed by atoms with E-state index in [9.17, 15) is 5.11 Å². The molecule has 1 aromatic rings. The summed E-state index contributed by atoms with van der Waals surface area (Å²) >= 11 is 3.50. The molecule has 0 aromatic heterocycles. The van der Waals surface area contributed by atoms with Gasteiger partial charge >= 0.3 is 0 Å². The van der Waals surface area contributed by atoms with Crippen LogP contribution in [0.1, 0.15) is 11.1 Å². The molecule has 17 heavy (non-hydrogen) atoms. The average molecular weight is 299 g/mol. The highest BCUT2D eigenvalue weighted by atomic mass is 79.9. The van der Waals surface area contributed by atoms with Crippen LogP contribution >= 0.6 is 15.9 Å². The van der Waals surface area contributed by atoms with Crippen LogP contribution in [-0.2, 0) is 13.0 Å². The fourth-order valence-electron chi connectivity index (χ4n) is 2.33. The highest BCUT2D eigenvalue weighted by Gasteiger charge is 2.18. The molecule has 1 aliphatic rings. The summed E-state index contributed by atoms with van der Waals surface area (Å²) in [6, 6.07) is 6.47. The first-order valence-corrected chi connectivity index (χ1v) is 6.80. The van der Waals surface area contributed by atoms with Gasteiger partial charge in [0.2, 0.25) is 0 Å². The van der Waals surface area contributed by atoms with E-state index in [1.54, 1.807) is 0 Å². The molecule has 0 radical (unpaired) electrons. The van der Waals surface area contributed by atoms with E-state index < -0.39 is 0 Å². The number of β-amino-alcohol motifs (C(OH)–C–C–N with tert-alkyl or cyclic N) is 1. The molecule has 2 rings (SSSR count). The van der Waals surface area contributed by atoms with E-state index in [1.807, 2.05) is 7.05 Å². The van der Waals surface area contributed by atoms with E-state index in [2.05, 4.69) is 44.3 Å². The van der Waals surface area contributed by atoms with E-state index in [0.29, 0.717) is 6.54 Å². The van der Waals surface area contributed by atoms with Crippen LogP contribution < -0.4 is 5.32 Å². The van der Waals surface area contributed by atoms with Gasteiger partial charge in [0.1, 0.15) is 0 Å². The van der Waals surface area contributed by atoms with Crippen molar-refractivity contribution in [3.05, 3.63) is 33.8 Å². The molecule has 2 N–H and O–H groups in total. The smallest absolute Gasteiger partial charge is 0.0791 e. The molecule has 0 saturated heterocycles. The van der Waals surface area contributed by atoms with Gasteiger partial charge < -0.3 is 10.4 Å². The molecule has 0 aliphatic carbocycles. The van der Waals surface area contributed by atoms with E-state index in [4.69, 9.17) is 0 Å². The third kappa shape index (κ3) is 3.52. The molecule has 4 heteroatoms. The molecule has 1 aliphatic heterocycles. The van der Waals surface area contributed by atoms with E-state index in [-0.39, 0.29) is 6.10 Å². The van der Waals surface area contributed by atoms with Crippen molar-refractivity contribution in [2.45, 2.75) is 19.1 Å². The maximum atomic E-state index is 9.78. The highest BCUT2D eigenvalue weighted by Crippen LogP contribution is 2.22. The Kier molecular flexibility index (Phi) is 4.56. The molecule has 0 saturated carbocycles. The second-order valence-corrected chi connectivity index (χ2v) is 5.53. The fraction of sp³-hybridized carbons (Fsp3) is 0.538. The van der Waals surface area contributed by atoms with Gasteiger partial charge in [-0.3, -0.25) is 4.90 Å². The Bertz CT molecular complexity index is 384. The second-order valence-electron chi connectivity index (χ2n) is 4.61. The van der Waals surface area contributed by atoms with E-state index in [0.717, 1.165) is 30.5 Å². The van der Waals surface area contributed by atoms with E-state index in [1.165, 1.54) is 11.1 Å². The van der Waals surface area contributed by atoms with Crippen molar-refractivity contribution in [2.75, 3.05) is 26.7 Å². The summed E-state index contributed by atoms with van der Waals surface area (Å²) in [6.45, 7) is 3.38. The molecular weight excluding hydrogens is 280 g/mol. The third-order valence-corrected chi connectivity index (χ3v) is 3.66. The third-order valence-electron chi connectivity index (χ3n) is 3.17. The molecule has 0 spiro atoms. The number of rotatable bonds is 4. The summed E-state index contributed by atoms with van der Waals surface area (Å²) in [7, 11) is 1.87.